The quantitative estimate of drug-likeness (QED) is 0.371. The monoisotopic (exact) mass is 512 g/mol. The molecule has 30 heavy (non-hydrogen) atoms. The first-order chi connectivity index (χ1) is 14.5. The summed E-state index contributed by atoms with van der Waals surface area (Å²) in [5.41, 5.74) is 8.05. The van der Waals surface area contributed by atoms with E-state index in [0.717, 1.165) is 5.56 Å². The number of rotatable bonds is 4. The fourth-order valence-electron chi connectivity index (χ4n) is 3.66. The molecule has 4 heterocycles. The molecule has 0 aliphatic heterocycles. The van der Waals surface area contributed by atoms with Crippen LogP contribution in [0.5, 0.6) is 0 Å². The van der Waals surface area contributed by atoms with Crippen molar-refractivity contribution in [3.63, 3.8) is 0 Å². The molecule has 1 atom stereocenters. The van der Waals surface area contributed by atoms with Gasteiger partial charge in [0.15, 0.2) is 11.5 Å². The van der Waals surface area contributed by atoms with E-state index in [9.17, 15) is 4.79 Å². The van der Waals surface area contributed by atoms with Crippen LogP contribution in [0.2, 0.25) is 0 Å². The first-order valence-electron chi connectivity index (χ1n) is 9.31. The zero-order valence-corrected chi connectivity index (χ0v) is 18.1. The molecule has 5 aromatic rings. The van der Waals surface area contributed by atoms with Crippen molar-refractivity contribution in [2.24, 2.45) is 0 Å². The topological polar surface area (TPSA) is 109 Å². The van der Waals surface area contributed by atoms with Crippen LogP contribution in [0.4, 0.5) is 5.82 Å². The molecule has 0 spiro atoms. The highest BCUT2D eigenvalue weighted by molar-refractivity contribution is 14.1. The van der Waals surface area contributed by atoms with Gasteiger partial charge in [-0.3, -0.25) is 9.36 Å². The van der Waals surface area contributed by atoms with Gasteiger partial charge in [-0.15, -0.1) is 0 Å². The van der Waals surface area contributed by atoms with Crippen LogP contribution in [0.1, 0.15) is 24.4 Å². The number of halogens is 1. The van der Waals surface area contributed by atoms with Crippen molar-refractivity contribution in [3.8, 4) is 0 Å². The zero-order valence-electron chi connectivity index (χ0n) is 16.0. The maximum absolute atomic E-state index is 13.4. The van der Waals surface area contributed by atoms with Crippen LogP contribution < -0.4 is 11.3 Å². The van der Waals surface area contributed by atoms with E-state index in [1.54, 1.807) is 26.0 Å². The number of fused-ring (bicyclic) bond motifs is 2. The first-order valence-corrected chi connectivity index (χ1v) is 10.4. The summed E-state index contributed by atoms with van der Waals surface area (Å²) in [6.07, 6.45) is 3.18. The fraction of sp³-hybridized carbons (Fsp3) is 0.150. The highest BCUT2D eigenvalue weighted by atomic mass is 127. The fourth-order valence-corrected chi connectivity index (χ4v) is 4.44. The number of nitrogen functional groups attached to an aromatic ring is 1. The van der Waals surface area contributed by atoms with E-state index in [4.69, 9.17) is 10.8 Å². The maximum atomic E-state index is 13.4. The summed E-state index contributed by atoms with van der Waals surface area (Å²) < 4.78 is 5.73. The van der Waals surface area contributed by atoms with Gasteiger partial charge in [0, 0.05) is 6.20 Å². The van der Waals surface area contributed by atoms with Crippen molar-refractivity contribution in [1.29, 1.82) is 0 Å². The lowest BCUT2D eigenvalue weighted by atomic mass is 10.1. The van der Waals surface area contributed by atoms with E-state index in [2.05, 4.69) is 37.7 Å². The van der Waals surface area contributed by atoms with E-state index < -0.39 is 0 Å². The summed E-state index contributed by atoms with van der Waals surface area (Å²) in [7, 11) is 0. The molecule has 0 amide bonds. The number of hydrogen-bond donors (Lipinski definition) is 1. The van der Waals surface area contributed by atoms with Crippen LogP contribution in [-0.4, -0.2) is 33.9 Å². The Balaban J connectivity index is 1.71. The molecule has 0 saturated heterocycles. The standard InChI is InChI=1S/C20H17IN8O/c1-12(13-6-3-2-4-7-13)29-15(25-27-9-5-8-14(27)20(29)30)10-28-19-16(17(21)26-28)18(22)23-11-24-19/h2-9,11-12H,10H2,1H3,(H2,22,23,24)/t12-/m0/s1. The van der Waals surface area contributed by atoms with E-state index in [1.807, 2.05) is 43.3 Å². The molecule has 5 rings (SSSR count). The minimum absolute atomic E-state index is 0.110. The SMILES string of the molecule is C[C@@H](c1ccccc1)n1c(Cn2nc(I)c3c(N)ncnc32)nn2cccc2c1=O. The Morgan fingerprint density at radius 1 is 1.10 bits per heavy atom. The van der Waals surface area contributed by atoms with Crippen molar-refractivity contribution >= 4 is 45.0 Å². The van der Waals surface area contributed by atoms with Gasteiger partial charge in [-0.25, -0.2) is 19.2 Å². The Kier molecular flexibility index (Phi) is 4.50. The van der Waals surface area contributed by atoms with Crippen LogP contribution in [0.15, 0.2) is 59.8 Å². The molecule has 2 N–H and O–H groups in total. The largest absolute Gasteiger partial charge is 0.383 e. The minimum atomic E-state index is -0.207. The maximum Gasteiger partial charge on any atom is 0.278 e. The van der Waals surface area contributed by atoms with Crippen LogP contribution in [-0.2, 0) is 6.54 Å². The summed E-state index contributed by atoms with van der Waals surface area (Å²) in [4.78, 5) is 21.8. The number of nitrogens with zero attached hydrogens (tertiary/aromatic N) is 7. The average Bonchev–Trinajstić information content (AvgIpc) is 3.34. The lowest BCUT2D eigenvalue weighted by Crippen LogP contribution is -2.31. The summed E-state index contributed by atoms with van der Waals surface area (Å²) in [5, 5.41) is 9.99. The third-order valence-corrected chi connectivity index (χ3v) is 5.90. The molecule has 0 unspecified atom stereocenters. The number of hydrogen-bond acceptors (Lipinski definition) is 6. The van der Waals surface area contributed by atoms with Crippen molar-refractivity contribution in [1.82, 2.24) is 33.9 Å². The lowest BCUT2D eigenvalue weighted by molar-refractivity contribution is 0.519. The molecular weight excluding hydrogens is 495 g/mol. The second-order valence-corrected chi connectivity index (χ2v) is 7.94. The van der Waals surface area contributed by atoms with Crippen molar-refractivity contribution in [2.45, 2.75) is 19.5 Å². The van der Waals surface area contributed by atoms with E-state index in [1.165, 1.54) is 6.33 Å². The van der Waals surface area contributed by atoms with E-state index in [-0.39, 0.29) is 18.1 Å². The summed E-state index contributed by atoms with van der Waals surface area (Å²) in [5.74, 6) is 0.942. The zero-order chi connectivity index (χ0) is 20.8. The van der Waals surface area contributed by atoms with E-state index >= 15 is 0 Å². The second kappa shape index (κ2) is 7.20. The molecule has 0 aliphatic carbocycles. The summed E-state index contributed by atoms with van der Waals surface area (Å²) in [6.45, 7) is 2.25. The molecule has 150 valence electrons. The van der Waals surface area contributed by atoms with Gasteiger partial charge in [-0.1, -0.05) is 30.3 Å². The minimum Gasteiger partial charge on any atom is -0.383 e. The number of aromatic nitrogens is 7. The Bertz CT molecular complexity index is 1440. The normalized spacial score (nSPS) is 12.6. The molecule has 0 aliphatic rings. The number of benzene rings is 1. The number of nitrogens with two attached hydrogens (primary N) is 1. The van der Waals surface area contributed by atoms with Crippen LogP contribution >= 0.6 is 22.6 Å². The molecule has 0 radical (unpaired) electrons. The highest BCUT2D eigenvalue weighted by Gasteiger charge is 2.20. The van der Waals surface area contributed by atoms with Crippen LogP contribution in [0.25, 0.3) is 16.6 Å². The smallest absolute Gasteiger partial charge is 0.278 e. The van der Waals surface area contributed by atoms with Gasteiger partial charge in [-0.05, 0) is 47.2 Å². The Morgan fingerprint density at radius 3 is 2.70 bits per heavy atom. The van der Waals surface area contributed by atoms with E-state index in [0.29, 0.717) is 31.9 Å². The molecule has 4 aromatic heterocycles. The molecule has 1 aromatic carbocycles. The average molecular weight is 512 g/mol. The lowest BCUT2D eigenvalue weighted by Gasteiger charge is -2.20. The number of anilines is 1. The molecular formula is C20H17IN8O. The molecule has 0 saturated carbocycles. The van der Waals surface area contributed by atoms with Gasteiger partial charge in [0.2, 0.25) is 0 Å². The summed E-state index contributed by atoms with van der Waals surface area (Å²) >= 11 is 2.11. The third-order valence-electron chi connectivity index (χ3n) is 5.14. The predicted molar refractivity (Wildman–Crippen MR) is 121 cm³/mol. The van der Waals surface area contributed by atoms with Crippen LogP contribution in [0, 0.1) is 3.70 Å². The molecule has 9 nitrogen and oxygen atoms in total. The molecule has 0 bridgehead atoms. The van der Waals surface area contributed by atoms with Gasteiger partial charge in [0.1, 0.15) is 27.9 Å². The van der Waals surface area contributed by atoms with Gasteiger partial charge < -0.3 is 5.73 Å². The van der Waals surface area contributed by atoms with Crippen molar-refractivity contribution < 1.29 is 0 Å². The van der Waals surface area contributed by atoms with Gasteiger partial charge in [0.05, 0.1) is 11.4 Å². The van der Waals surface area contributed by atoms with Crippen molar-refractivity contribution in [2.75, 3.05) is 5.73 Å². The third kappa shape index (κ3) is 2.95. The Labute approximate surface area is 184 Å². The summed E-state index contributed by atoms with van der Waals surface area (Å²) in [6, 6.07) is 13.3. The highest BCUT2D eigenvalue weighted by Crippen LogP contribution is 2.24. The van der Waals surface area contributed by atoms with Gasteiger partial charge in [-0.2, -0.15) is 10.2 Å². The second-order valence-electron chi connectivity index (χ2n) is 6.92. The Hall–Kier alpha value is -3.28. The molecule has 0 fully saturated rings. The van der Waals surface area contributed by atoms with Crippen LogP contribution in [0.3, 0.4) is 0 Å². The van der Waals surface area contributed by atoms with Gasteiger partial charge >= 0.3 is 0 Å². The molecule has 10 heteroatoms. The Morgan fingerprint density at radius 2 is 1.90 bits per heavy atom. The van der Waals surface area contributed by atoms with Crippen molar-refractivity contribution in [3.05, 3.63) is 80.4 Å². The predicted octanol–water partition coefficient (Wildman–Crippen LogP) is 2.48. The first kappa shape index (κ1) is 18.7. The van der Waals surface area contributed by atoms with Gasteiger partial charge in [0.25, 0.3) is 5.56 Å².